The van der Waals surface area contributed by atoms with Crippen molar-refractivity contribution < 1.29 is 27.5 Å². The summed E-state index contributed by atoms with van der Waals surface area (Å²) in [5.74, 6) is -1.61. The smallest absolute Gasteiger partial charge is 0.307 e. The molecule has 0 aliphatic carbocycles. The number of thioether (sulfide) groups is 1. The minimum Gasteiger partial charge on any atom is -0.456 e. The third-order valence-electron chi connectivity index (χ3n) is 4.65. The Bertz CT molecular complexity index is 1160. The maximum absolute atomic E-state index is 12.4. The van der Waals surface area contributed by atoms with Gasteiger partial charge in [0.1, 0.15) is 0 Å². The maximum Gasteiger partial charge on any atom is 0.307 e. The van der Waals surface area contributed by atoms with E-state index in [1.54, 1.807) is 31.2 Å². The van der Waals surface area contributed by atoms with Crippen LogP contribution < -0.4 is 10.6 Å². The lowest BCUT2D eigenvalue weighted by atomic mass is 10.2. The Kier molecular flexibility index (Phi) is 7.22. The van der Waals surface area contributed by atoms with Crippen molar-refractivity contribution in [2.75, 3.05) is 31.3 Å². The number of para-hydroxylation sites is 1. The zero-order valence-corrected chi connectivity index (χ0v) is 19.4. The second-order valence-corrected chi connectivity index (χ2v) is 10.6. The molecule has 2 N–H and O–H groups in total. The molecular formula is C21H23N3O6S2. The highest BCUT2D eigenvalue weighted by atomic mass is 32.2. The van der Waals surface area contributed by atoms with Crippen molar-refractivity contribution >= 4 is 50.9 Å². The van der Waals surface area contributed by atoms with E-state index in [-0.39, 0.29) is 22.9 Å². The van der Waals surface area contributed by atoms with Gasteiger partial charge in [-0.05, 0) is 36.8 Å². The van der Waals surface area contributed by atoms with Gasteiger partial charge in [0.2, 0.25) is 15.9 Å². The van der Waals surface area contributed by atoms with Crippen molar-refractivity contribution in [1.29, 1.82) is 0 Å². The van der Waals surface area contributed by atoms with Crippen LogP contribution in [0.15, 0.2) is 52.3 Å². The van der Waals surface area contributed by atoms with Gasteiger partial charge in [0, 0.05) is 24.7 Å². The average Bonchev–Trinajstić information content (AvgIpc) is 2.74. The molecule has 0 aromatic heterocycles. The molecule has 0 radical (unpaired) electrons. The van der Waals surface area contributed by atoms with Gasteiger partial charge in [-0.2, -0.15) is 0 Å². The lowest BCUT2D eigenvalue weighted by Crippen LogP contribution is -2.32. The summed E-state index contributed by atoms with van der Waals surface area (Å²) in [7, 11) is -0.839. The number of rotatable bonds is 7. The largest absolute Gasteiger partial charge is 0.456 e. The van der Waals surface area contributed by atoms with Crippen LogP contribution in [0.25, 0.3) is 0 Å². The van der Waals surface area contributed by atoms with E-state index in [2.05, 4.69) is 10.6 Å². The van der Waals surface area contributed by atoms with Gasteiger partial charge in [0.05, 0.1) is 22.3 Å². The quantitative estimate of drug-likeness (QED) is 0.587. The number of benzene rings is 2. The molecule has 2 aromatic rings. The number of carbonyl (C=O) groups is 3. The fraction of sp³-hybridized carbons (Fsp3) is 0.286. The minimum absolute atomic E-state index is 0.0675. The number of ether oxygens (including phenoxy) is 1. The fourth-order valence-electron chi connectivity index (χ4n) is 2.93. The van der Waals surface area contributed by atoms with Gasteiger partial charge >= 0.3 is 5.97 Å². The van der Waals surface area contributed by atoms with Gasteiger partial charge < -0.3 is 15.4 Å². The van der Waals surface area contributed by atoms with Crippen LogP contribution >= 0.6 is 11.8 Å². The third kappa shape index (κ3) is 5.47. The Balaban J connectivity index is 1.55. The lowest BCUT2D eigenvalue weighted by molar-refractivity contribution is -0.147. The SMILES string of the molecule is Cc1ccc(NC(=O)COC(=O)CC2Sc3ccccc3NC2=O)cc1S(=O)(=O)N(C)C. The van der Waals surface area contributed by atoms with Crippen LogP contribution in [0.1, 0.15) is 12.0 Å². The van der Waals surface area contributed by atoms with Gasteiger partial charge in [-0.25, -0.2) is 12.7 Å². The molecule has 1 atom stereocenters. The molecule has 0 fully saturated rings. The Hall–Kier alpha value is -2.89. The number of esters is 1. The standard InChI is InChI=1S/C21H23N3O6S2/c1-13-8-9-14(10-18(13)32(28,29)24(2)3)22-19(25)12-30-20(26)11-17-21(27)23-15-6-4-5-7-16(15)31-17/h4-10,17H,11-12H2,1-3H3,(H,22,25)(H,23,27). The van der Waals surface area contributed by atoms with Gasteiger partial charge in [-0.1, -0.05) is 18.2 Å². The summed E-state index contributed by atoms with van der Waals surface area (Å²) in [6.07, 6.45) is -0.187. The highest BCUT2D eigenvalue weighted by molar-refractivity contribution is 8.01. The predicted octanol–water partition coefficient (Wildman–Crippen LogP) is 2.23. The summed E-state index contributed by atoms with van der Waals surface area (Å²) < 4.78 is 30.9. The van der Waals surface area contributed by atoms with Crippen molar-refractivity contribution in [2.24, 2.45) is 0 Å². The van der Waals surface area contributed by atoms with Crippen LogP contribution in [0.3, 0.4) is 0 Å². The van der Waals surface area contributed by atoms with Crippen molar-refractivity contribution in [3.63, 3.8) is 0 Å². The second kappa shape index (κ2) is 9.72. The molecule has 2 amide bonds. The first-order chi connectivity index (χ1) is 15.1. The van der Waals surface area contributed by atoms with Gasteiger partial charge in [-0.3, -0.25) is 14.4 Å². The van der Waals surface area contributed by atoms with Crippen LogP contribution in [0.5, 0.6) is 0 Å². The number of hydrogen-bond acceptors (Lipinski definition) is 7. The summed E-state index contributed by atoms with van der Waals surface area (Å²) in [5.41, 5.74) is 1.49. The molecule has 0 saturated heterocycles. The molecule has 2 aromatic carbocycles. The number of carbonyl (C=O) groups excluding carboxylic acids is 3. The highest BCUT2D eigenvalue weighted by Gasteiger charge is 2.29. The number of hydrogen-bond donors (Lipinski definition) is 2. The van der Waals surface area contributed by atoms with Crippen LogP contribution in [0, 0.1) is 6.92 Å². The topological polar surface area (TPSA) is 122 Å². The summed E-state index contributed by atoms with van der Waals surface area (Å²) >= 11 is 1.26. The Morgan fingerprint density at radius 3 is 2.62 bits per heavy atom. The number of aryl methyl sites for hydroxylation is 1. The number of fused-ring (bicyclic) bond motifs is 1. The summed E-state index contributed by atoms with van der Waals surface area (Å²) in [4.78, 5) is 37.4. The van der Waals surface area contributed by atoms with Crippen LogP contribution in [-0.2, 0) is 29.1 Å². The minimum atomic E-state index is -3.68. The Labute approximate surface area is 190 Å². The molecule has 1 unspecified atom stereocenters. The Morgan fingerprint density at radius 1 is 1.19 bits per heavy atom. The van der Waals surface area contributed by atoms with Gasteiger partial charge in [0.15, 0.2) is 6.61 Å². The van der Waals surface area contributed by atoms with Crippen LogP contribution in [-0.4, -0.2) is 56.5 Å². The van der Waals surface area contributed by atoms with E-state index >= 15 is 0 Å². The lowest BCUT2D eigenvalue weighted by Gasteiger charge is -2.23. The monoisotopic (exact) mass is 477 g/mol. The molecule has 170 valence electrons. The van der Waals surface area contributed by atoms with Crippen LogP contribution in [0.2, 0.25) is 0 Å². The molecule has 1 aliphatic heterocycles. The maximum atomic E-state index is 12.4. The van der Waals surface area contributed by atoms with Gasteiger partial charge in [0.25, 0.3) is 5.91 Å². The van der Waals surface area contributed by atoms with E-state index in [4.69, 9.17) is 4.74 Å². The van der Waals surface area contributed by atoms with Crippen molar-refractivity contribution in [3.8, 4) is 0 Å². The first-order valence-corrected chi connectivity index (χ1v) is 11.9. The molecule has 32 heavy (non-hydrogen) atoms. The van der Waals surface area contributed by atoms with E-state index in [1.807, 2.05) is 12.1 Å². The molecule has 1 aliphatic rings. The molecular weight excluding hydrogens is 454 g/mol. The normalized spacial score (nSPS) is 15.6. The van der Waals surface area contributed by atoms with E-state index < -0.39 is 33.8 Å². The van der Waals surface area contributed by atoms with E-state index in [0.717, 1.165) is 9.20 Å². The molecule has 0 spiro atoms. The van der Waals surface area contributed by atoms with E-state index in [0.29, 0.717) is 11.3 Å². The van der Waals surface area contributed by atoms with E-state index in [1.165, 1.54) is 31.9 Å². The summed E-state index contributed by atoms with van der Waals surface area (Å²) in [6, 6.07) is 11.8. The summed E-state index contributed by atoms with van der Waals surface area (Å²) in [6.45, 7) is 1.10. The number of nitrogens with zero attached hydrogens (tertiary/aromatic N) is 1. The van der Waals surface area contributed by atoms with Crippen molar-refractivity contribution in [2.45, 2.75) is 28.4 Å². The number of nitrogens with one attached hydrogen (secondary N) is 2. The molecule has 3 rings (SSSR count). The second-order valence-electron chi connectivity index (χ2n) is 7.27. The first-order valence-electron chi connectivity index (χ1n) is 9.63. The zero-order valence-electron chi connectivity index (χ0n) is 17.7. The molecule has 0 bridgehead atoms. The third-order valence-corrected chi connectivity index (χ3v) is 7.89. The zero-order chi connectivity index (χ0) is 23.5. The number of anilines is 2. The van der Waals surface area contributed by atoms with E-state index in [9.17, 15) is 22.8 Å². The summed E-state index contributed by atoms with van der Waals surface area (Å²) in [5, 5.41) is 4.60. The highest BCUT2D eigenvalue weighted by Crippen LogP contribution is 2.36. The first kappa shape index (κ1) is 23.8. The van der Waals surface area contributed by atoms with Gasteiger partial charge in [-0.15, -0.1) is 11.8 Å². The van der Waals surface area contributed by atoms with Crippen molar-refractivity contribution in [3.05, 3.63) is 48.0 Å². The molecule has 0 saturated carbocycles. The predicted molar refractivity (Wildman–Crippen MR) is 121 cm³/mol. The molecule has 1 heterocycles. The average molecular weight is 478 g/mol. The fourth-order valence-corrected chi connectivity index (χ4v) is 5.17. The molecule has 11 heteroatoms. The van der Waals surface area contributed by atoms with Crippen LogP contribution in [0.4, 0.5) is 11.4 Å². The number of amides is 2. The van der Waals surface area contributed by atoms with Crippen molar-refractivity contribution in [1.82, 2.24) is 4.31 Å². The molecule has 9 nitrogen and oxygen atoms in total. The Morgan fingerprint density at radius 2 is 1.91 bits per heavy atom. The number of sulfonamides is 1.